The van der Waals surface area contributed by atoms with Gasteiger partial charge in [-0.2, -0.15) is 0 Å². The van der Waals surface area contributed by atoms with Crippen molar-refractivity contribution in [3.63, 3.8) is 0 Å². The van der Waals surface area contributed by atoms with Crippen LogP contribution >= 0.6 is 0 Å². The van der Waals surface area contributed by atoms with Crippen LogP contribution in [0.1, 0.15) is 23.0 Å². The lowest BCUT2D eigenvalue weighted by atomic mass is 10.2. The third-order valence-corrected chi connectivity index (χ3v) is 3.59. The van der Waals surface area contributed by atoms with E-state index in [-0.39, 0.29) is 18.1 Å². The molecule has 0 aliphatic rings. The van der Waals surface area contributed by atoms with Gasteiger partial charge in [-0.1, -0.05) is 18.8 Å². The zero-order chi connectivity index (χ0) is 14.1. The number of carbonyl (C=O) groups excluding carboxylic acids is 1. The molecule has 5 nitrogen and oxygen atoms in total. The fraction of sp³-hybridized carbons (Fsp3) is 0.385. The molecule has 1 atom stereocenters. The number of nitrogens with one attached hydrogen (secondary N) is 1. The van der Waals surface area contributed by atoms with Crippen LogP contribution in [0.3, 0.4) is 0 Å². The van der Waals surface area contributed by atoms with Gasteiger partial charge in [0.05, 0.1) is 12.1 Å². The Labute approximate surface area is 115 Å². The smallest absolute Gasteiger partial charge is 0.271 e. The van der Waals surface area contributed by atoms with Gasteiger partial charge in [0.25, 0.3) is 5.91 Å². The average molecular weight is 279 g/mol. The Hall–Kier alpha value is -1.71. The van der Waals surface area contributed by atoms with E-state index in [1.165, 1.54) is 6.20 Å². The van der Waals surface area contributed by atoms with E-state index in [2.05, 4.69) is 22.1 Å². The molecule has 1 heterocycles. The molecule has 0 aromatic carbocycles. The molecule has 0 saturated carbocycles. The summed E-state index contributed by atoms with van der Waals surface area (Å²) in [4.78, 5) is 15.9. The molecule has 0 bridgehead atoms. The molecule has 0 saturated heterocycles. The van der Waals surface area contributed by atoms with Crippen molar-refractivity contribution in [3.05, 3.63) is 29.6 Å². The van der Waals surface area contributed by atoms with Crippen molar-refractivity contribution in [2.75, 3.05) is 24.6 Å². The van der Waals surface area contributed by atoms with Crippen molar-refractivity contribution in [2.45, 2.75) is 6.92 Å². The van der Waals surface area contributed by atoms with Gasteiger partial charge in [0.2, 0.25) is 0 Å². The number of nitrogens with two attached hydrogens (primary N) is 1. The van der Waals surface area contributed by atoms with Crippen LogP contribution in [0, 0.1) is 11.8 Å². The molecule has 1 unspecified atom stereocenters. The summed E-state index contributed by atoms with van der Waals surface area (Å²) in [6.07, 6.45) is 1.53. The molecule has 0 spiro atoms. The Morgan fingerprint density at radius 2 is 2.37 bits per heavy atom. The normalized spacial score (nSPS) is 11.3. The molecule has 0 aliphatic carbocycles. The number of carbonyl (C=O) groups is 1. The largest absolute Gasteiger partial charge is 0.350 e. The van der Waals surface area contributed by atoms with Gasteiger partial charge in [0, 0.05) is 35.0 Å². The first kappa shape index (κ1) is 15.3. The van der Waals surface area contributed by atoms with Crippen LogP contribution < -0.4 is 11.1 Å². The second kappa shape index (κ2) is 8.40. The zero-order valence-electron chi connectivity index (χ0n) is 10.8. The summed E-state index contributed by atoms with van der Waals surface area (Å²) in [7, 11) is -0.890. The van der Waals surface area contributed by atoms with Crippen molar-refractivity contribution in [3.8, 4) is 11.8 Å². The number of rotatable bonds is 5. The Kier molecular flexibility index (Phi) is 6.79. The fourth-order valence-electron chi connectivity index (χ4n) is 1.34. The van der Waals surface area contributed by atoms with E-state index in [0.29, 0.717) is 23.6 Å². The Bertz CT molecular complexity index is 520. The fourth-order valence-corrected chi connectivity index (χ4v) is 1.96. The lowest BCUT2D eigenvalue weighted by Gasteiger charge is -2.05. The maximum atomic E-state index is 11.9. The summed E-state index contributed by atoms with van der Waals surface area (Å²) in [5, 5.41) is 2.69. The Balaban J connectivity index is 2.69. The van der Waals surface area contributed by atoms with Crippen molar-refractivity contribution >= 4 is 16.7 Å². The predicted octanol–water partition coefficient (Wildman–Crippen LogP) is -0.110. The topological polar surface area (TPSA) is 85.1 Å². The predicted molar refractivity (Wildman–Crippen MR) is 76.1 cm³/mol. The summed E-state index contributed by atoms with van der Waals surface area (Å²) < 4.78 is 11.2. The average Bonchev–Trinajstić information content (AvgIpc) is 2.45. The highest BCUT2D eigenvalue weighted by Crippen LogP contribution is 2.03. The van der Waals surface area contributed by atoms with Gasteiger partial charge in [-0.05, 0) is 12.1 Å². The molecular formula is C13H17N3O2S. The first-order valence-electron chi connectivity index (χ1n) is 5.96. The van der Waals surface area contributed by atoms with Crippen LogP contribution in [0.4, 0.5) is 0 Å². The Morgan fingerprint density at radius 3 is 3.05 bits per heavy atom. The summed E-state index contributed by atoms with van der Waals surface area (Å²) in [5.74, 6) is 6.22. The highest BCUT2D eigenvalue weighted by Gasteiger charge is 2.11. The van der Waals surface area contributed by atoms with Crippen LogP contribution in [0.25, 0.3) is 0 Å². The molecule has 102 valence electrons. The number of nitrogens with zero attached hydrogens (tertiary/aromatic N) is 1. The minimum absolute atomic E-state index is 0.228. The van der Waals surface area contributed by atoms with Crippen LogP contribution in [0.15, 0.2) is 18.3 Å². The second-order valence-electron chi connectivity index (χ2n) is 3.59. The molecule has 0 aliphatic heterocycles. The van der Waals surface area contributed by atoms with Gasteiger partial charge in [-0.25, -0.2) is 4.98 Å². The molecule has 19 heavy (non-hydrogen) atoms. The summed E-state index contributed by atoms with van der Waals surface area (Å²) in [6, 6.07) is 3.43. The van der Waals surface area contributed by atoms with Gasteiger partial charge in [0.1, 0.15) is 5.69 Å². The van der Waals surface area contributed by atoms with E-state index in [0.717, 1.165) is 0 Å². The zero-order valence-corrected chi connectivity index (χ0v) is 11.6. The van der Waals surface area contributed by atoms with Crippen LogP contribution in [0.2, 0.25) is 0 Å². The van der Waals surface area contributed by atoms with Crippen molar-refractivity contribution in [1.29, 1.82) is 0 Å². The van der Waals surface area contributed by atoms with Crippen LogP contribution in [-0.4, -0.2) is 39.7 Å². The molecule has 0 radical (unpaired) electrons. The molecule has 1 aromatic heterocycles. The molecule has 3 N–H and O–H groups in total. The standard InChI is InChI=1S/C13H17N3O2S/c1-2-19(18)10-9-16-13(17)12-11(5-3-7-14)6-4-8-15-12/h4,6,8H,2,7,9-10,14H2,1H3,(H,16,17). The highest BCUT2D eigenvalue weighted by atomic mass is 32.2. The second-order valence-corrected chi connectivity index (χ2v) is 5.46. The molecule has 1 aromatic rings. The van der Waals surface area contributed by atoms with E-state index >= 15 is 0 Å². The summed E-state index contributed by atoms with van der Waals surface area (Å²) in [5.41, 5.74) is 6.12. The number of hydrogen-bond donors (Lipinski definition) is 2. The van der Waals surface area contributed by atoms with Crippen molar-refractivity contribution in [2.24, 2.45) is 5.73 Å². The maximum Gasteiger partial charge on any atom is 0.271 e. The van der Waals surface area contributed by atoms with E-state index in [1.807, 2.05) is 6.92 Å². The number of amides is 1. The van der Waals surface area contributed by atoms with Crippen LogP contribution in [-0.2, 0) is 10.8 Å². The monoisotopic (exact) mass is 279 g/mol. The van der Waals surface area contributed by atoms with Gasteiger partial charge < -0.3 is 11.1 Å². The van der Waals surface area contributed by atoms with E-state index in [4.69, 9.17) is 5.73 Å². The van der Waals surface area contributed by atoms with Crippen molar-refractivity contribution < 1.29 is 9.00 Å². The van der Waals surface area contributed by atoms with Gasteiger partial charge >= 0.3 is 0 Å². The highest BCUT2D eigenvalue weighted by molar-refractivity contribution is 7.84. The summed E-state index contributed by atoms with van der Waals surface area (Å²) >= 11 is 0. The van der Waals surface area contributed by atoms with E-state index in [9.17, 15) is 9.00 Å². The minimum atomic E-state index is -0.890. The third kappa shape index (κ3) is 5.20. The van der Waals surface area contributed by atoms with Gasteiger partial charge in [-0.3, -0.25) is 9.00 Å². The molecule has 1 amide bonds. The Morgan fingerprint density at radius 1 is 1.58 bits per heavy atom. The maximum absolute atomic E-state index is 11.9. The van der Waals surface area contributed by atoms with E-state index < -0.39 is 10.8 Å². The molecule has 6 heteroatoms. The van der Waals surface area contributed by atoms with Gasteiger partial charge in [-0.15, -0.1) is 0 Å². The lowest BCUT2D eigenvalue weighted by Crippen LogP contribution is -2.29. The quantitative estimate of drug-likeness (QED) is 0.737. The molecule has 1 rings (SSSR count). The van der Waals surface area contributed by atoms with E-state index in [1.54, 1.807) is 12.1 Å². The van der Waals surface area contributed by atoms with Crippen LogP contribution in [0.5, 0.6) is 0 Å². The van der Waals surface area contributed by atoms with Crippen molar-refractivity contribution in [1.82, 2.24) is 10.3 Å². The minimum Gasteiger partial charge on any atom is -0.350 e. The third-order valence-electron chi connectivity index (χ3n) is 2.29. The number of pyridine rings is 1. The molecular weight excluding hydrogens is 262 g/mol. The first-order valence-corrected chi connectivity index (χ1v) is 7.45. The number of aromatic nitrogens is 1. The summed E-state index contributed by atoms with van der Waals surface area (Å²) in [6.45, 7) is 2.43. The number of hydrogen-bond acceptors (Lipinski definition) is 4. The first-order chi connectivity index (χ1) is 9.19. The molecule has 0 fully saturated rings. The SMILES string of the molecule is CCS(=O)CCNC(=O)c1ncccc1C#CCN. The van der Waals surface area contributed by atoms with Gasteiger partial charge in [0.15, 0.2) is 0 Å². The lowest BCUT2D eigenvalue weighted by molar-refractivity contribution is 0.0951.